The van der Waals surface area contributed by atoms with Crippen molar-refractivity contribution in [2.45, 2.75) is 55.4 Å². The summed E-state index contributed by atoms with van der Waals surface area (Å²) in [5.41, 5.74) is 0. The van der Waals surface area contributed by atoms with Crippen LogP contribution in [0.15, 0.2) is 0 Å². The second-order valence-corrected chi connectivity index (χ2v) is 5.21. The van der Waals surface area contributed by atoms with E-state index in [-0.39, 0.29) is 29.4 Å². The Kier molecular flexibility index (Phi) is 23.1. The molecule has 0 heterocycles. The van der Waals surface area contributed by atoms with Crippen molar-refractivity contribution < 1.29 is 38.4 Å². The molecule has 0 saturated heterocycles. The molecule has 0 aromatic rings. The molecule has 0 aromatic heterocycles. The van der Waals surface area contributed by atoms with Crippen molar-refractivity contribution in [3.05, 3.63) is 0 Å². The maximum absolute atomic E-state index is 2.27. The lowest BCUT2D eigenvalue weighted by Gasteiger charge is -2.34. The first kappa shape index (κ1) is 28.8. The van der Waals surface area contributed by atoms with Gasteiger partial charge in [0.1, 0.15) is 0 Å². The molecule has 0 aliphatic carbocycles. The fraction of sp³-hybridized carbons (Fsp3) is 1.00. The standard InChI is InChI=1S/2C8H20N.BrH.ClH/c2*1-5-9(6-2,7-3)8-4;;/h2*5-8H2,1-4H3;2*1H/q2*+1;;/p-2. The lowest BCUT2D eigenvalue weighted by molar-refractivity contribution is -0.921. The molecule has 0 atom stereocenters. The number of quaternary nitrogens is 2. The number of rotatable bonds is 8. The maximum Gasteiger partial charge on any atom is 0.0757 e. The Morgan fingerprint density at radius 2 is 0.500 bits per heavy atom. The molecule has 0 saturated carbocycles. The van der Waals surface area contributed by atoms with Crippen molar-refractivity contribution in [2.24, 2.45) is 0 Å². The fourth-order valence-corrected chi connectivity index (χ4v) is 2.68. The van der Waals surface area contributed by atoms with Gasteiger partial charge in [0.15, 0.2) is 0 Å². The van der Waals surface area contributed by atoms with Crippen molar-refractivity contribution in [1.29, 1.82) is 0 Å². The molecule has 0 aromatic carbocycles. The van der Waals surface area contributed by atoms with Crippen molar-refractivity contribution in [3.63, 3.8) is 0 Å². The molecule has 0 radical (unpaired) electrons. The van der Waals surface area contributed by atoms with E-state index in [9.17, 15) is 0 Å². The summed E-state index contributed by atoms with van der Waals surface area (Å²) in [6.45, 7) is 28.4. The minimum absolute atomic E-state index is 0. The largest absolute Gasteiger partial charge is 1.00 e. The number of nitrogens with zero attached hydrogens (tertiary/aromatic N) is 2. The maximum atomic E-state index is 2.27. The summed E-state index contributed by atoms with van der Waals surface area (Å²) in [7, 11) is 0. The first-order chi connectivity index (χ1) is 8.49. The molecule has 2 nitrogen and oxygen atoms in total. The summed E-state index contributed by atoms with van der Waals surface area (Å²) in [5, 5.41) is 0. The Labute approximate surface area is 146 Å². The highest BCUT2D eigenvalue weighted by Gasteiger charge is 2.16. The zero-order valence-electron chi connectivity index (χ0n) is 15.3. The number of hydrogen-bond donors (Lipinski definition) is 0. The zero-order valence-corrected chi connectivity index (χ0v) is 17.6. The van der Waals surface area contributed by atoms with Crippen molar-refractivity contribution >= 4 is 0 Å². The molecule has 20 heavy (non-hydrogen) atoms. The second kappa shape index (κ2) is 16.1. The smallest absolute Gasteiger partial charge is 0.0757 e. The molecule has 0 bridgehead atoms. The van der Waals surface area contributed by atoms with Gasteiger partial charge in [0.25, 0.3) is 0 Å². The summed E-state index contributed by atoms with van der Waals surface area (Å²) < 4.78 is 2.56. The van der Waals surface area contributed by atoms with Crippen LogP contribution in [0.25, 0.3) is 0 Å². The van der Waals surface area contributed by atoms with Gasteiger partial charge in [0, 0.05) is 0 Å². The van der Waals surface area contributed by atoms with E-state index in [1.165, 1.54) is 61.3 Å². The first-order valence-corrected chi connectivity index (χ1v) is 8.19. The van der Waals surface area contributed by atoms with E-state index >= 15 is 0 Å². The van der Waals surface area contributed by atoms with Gasteiger partial charge in [0.2, 0.25) is 0 Å². The minimum Gasteiger partial charge on any atom is -1.00 e. The third-order valence-electron chi connectivity index (χ3n) is 5.37. The van der Waals surface area contributed by atoms with E-state index in [0.29, 0.717) is 0 Å². The van der Waals surface area contributed by atoms with Crippen LogP contribution in [0.2, 0.25) is 0 Å². The van der Waals surface area contributed by atoms with E-state index in [0.717, 1.165) is 0 Å². The van der Waals surface area contributed by atoms with Gasteiger partial charge in [-0.25, -0.2) is 0 Å². The molecular weight excluding hydrogens is 336 g/mol. The molecule has 4 heteroatoms. The fourth-order valence-electron chi connectivity index (χ4n) is 2.68. The van der Waals surface area contributed by atoms with E-state index in [1.54, 1.807) is 0 Å². The van der Waals surface area contributed by atoms with Gasteiger partial charge in [0.05, 0.1) is 52.4 Å². The Morgan fingerprint density at radius 3 is 0.500 bits per heavy atom. The molecule has 0 aliphatic rings. The normalized spacial score (nSPS) is 10.8. The van der Waals surface area contributed by atoms with E-state index in [1.807, 2.05) is 0 Å². The van der Waals surface area contributed by atoms with Crippen LogP contribution >= 0.6 is 0 Å². The van der Waals surface area contributed by atoms with Crippen LogP contribution < -0.4 is 29.4 Å². The molecule has 0 unspecified atom stereocenters. The summed E-state index contributed by atoms with van der Waals surface area (Å²) in [4.78, 5) is 0. The SMILES string of the molecule is CC[N+](CC)(CC)CC.CC[N+](CC)(CC)CC.[Br-].[Cl-]. The van der Waals surface area contributed by atoms with Gasteiger partial charge in [-0.1, -0.05) is 0 Å². The quantitative estimate of drug-likeness (QED) is 0.421. The van der Waals surface area contributed by atoms with Crippen molar-refractivity contribution in [2.75, 3.05) is 52.4 Å². The number of halogens is 2. The van der Waals surface area contributed by atoms with E-state index in [2.05, 4.69) is 55.4 Å². The molecule has 0 fully saturated rings. The highest BCUT2D eigenvalue weighted by atomic mass is 79.9. The van der Waals surface area contributed by atoms with E-state index < -0.39 is 0 Å². The van der Waals surface area contributed by atoms with Crippen molar-refractivity contribution in [3.8, 4) is 0 Å². The molecule has 0 N–H and O–H groups in total. The topological polar surface area (TPSA) is 0 Å². The lowest BCUT2D eigenvalue weighted by atomic mass is 10.3. The summed E-state index contributed by atoms with van der Waals surface area (Å²) in [5.74, 6) is 0. The summed E-state index contributed by atoms with van der Waals surface area (Å²) in [6.07, 6.45) is 0. The summed E-state index contributed by atoms with van der Waals surface area (Å²) in [6, 6.07) is 0. The Morgan fingerprint density at radius 1 is 0.400 bits per heavy atom. The minimum atomic E-state index is 0. The Balaban J connectivity index is -0.000000116. The Bertz CT molecular complexity index is 126. The predicted molar refractivity (Wildman–Crippen MR) is 84.8 cm³/mol. The van der Waals surface area contributed by atoms with Crippen LogP contribution in [-0.4, -0.2) is 61.3 Å². The highest BCUT2D eigenvalue weighted by Crippen LogP contribution is 2.03. The van der Waals surface area contributed by atoms with Crippen LogP contribution in [0, 0.1) is 0 Å². The van der Waals surface area contributed by atoms with Crippen LogP contribution in [0.5, 0.6) is 0 Å². The van der Waals surface area contributed by atoms with Gasteiger partial charge in [-0.2, -0.15) is 0 Å². The summed E-state index contributed by atoms with van der Waals surface area (Å²) >= 11 is 0. The molecule has 0 rings (SSSR count). The molecule has 0 amide bonds. The van der Waals surface area contributed by atoms with E-state index in [4.69, 9.17) is 0 Å². The van der Waals surface area contributed by atoms with Crippen LogP contribution in [-0.2, 0) is 0 Å². The first-order valence-electron chi connectivity index (χ1n) is 8.19. The van der Waals surface area contributed by atoms with Gasteiger partial charge < -0.3 is 38.4 Å². The third kappa shape index (κ3) is 9.59. The molecule has 0 aliphatic heterocycles. The highest BCUT2D eigenvalue weighted by molar-refractivity contribution is 4.31. The van der Waals surface area contributed by atoms with Crippen LogP contribution in [0.4, 0.5) is 0 Å². The van der Waals surface area contributed by atoms with Crippen LogP contribution in [0.3, 0.4) is 0 Å². The Hall–Kier alpha value is 0.690. The predicted octanol–water partition coefficient (Wildman–Crippen LogP) is -2.23. The van der Waals surface area contributed by atoms with Gasteiger partial charge in [-0.3, -0.25) is 0 Å². The molecule has 128 valence electrons. The average molecular weight is 376 g/mol. The lowest BCUT2D eigenvalue weighted by Crippen LogP contribution is -3.00. The monoisotopic (exact) mass is 374 g/mol. The molecule has 0 spiro atoms. The average Bonchev–Trinajstić information content (AvgIpc) is 2.46. The third-order valence-corrected chi connectivity index (χ3v) is 5.37. The van der Waals surface area contributed by atoms with Gasteiger partial charge >= 0.3 is 0 Å². The second-order valence-electron chi connectivity index (χ2n) is 5.21. The van der Waals surface area contributed by atoms with Gasteiger partial charge in [-0.05, 0) is 55.4 Å². The zero-order chi connectivity index (χ0) is 14.7. The molecular formula is C16H40BrClN2. The van der Waals surface area contributed by atoms with Gasteiger partial charge in [-0.15, -0.1) is 0 Å². The van der Waals surface area contributed by atoms with Crippen LogP contribution in [0.1, 0.15) is 55.4 Å². The van der Waals surface area contributed by atoms with Crippen molar-refractivity contribution in [1.82, 2.24) is 0 Å². The number of hydrogen-bond acceptors (Lipinski definition) is 0.